The van der Waals surface area contributed by atoms with E-state index in [1.165, 1.54) is 0 Å². The zero-order valence-corrected chi connectivity index (χ0v) is 40.1. The summed E-state index contributed by atoms with van der Waals surface area (Å²) in [4.78, 5) is 53.4. The molecule has 21 nitrogen and oxygen atoms in total. The van der Waals surface area contributed by atoms with Crippen LogP contribution in [0.5, 0.6) is 0 Å². The van der Waals surface area contributed by atoms with Gasteiger partial charge in [-0.2, -0.15) is 0 Å². The number of carboxylic acid groups (broad SMARTS) is 2. The van der Waals surface area contributed by atoms with Crippen LogP contribution in [0.15, 0.2) is 11.6 Å². The van der Waals surface area contributed by atoms with E-state index in [1.807, 2.05) is 19.9 Å². The van der Waals surface area contributed by atoms with Crippen LogP contribution < -0.4 is 0 Å². The van der Waals surface area contributed by atoms with Crippen LogP contribution in [0.25, 0.3) is 0 Å². The topological polar surface area (TPSA) is 346 Å². The number of ether oxygens (including phenoxy) is 6. The van der Waals surface area contributed by atoms with E-state index in [0.29, 0.717) is 44.9 Å². The Labute approximate surface area is 399 Å². The molecule has 8 rings (SSSR count). The predicted molar refractivity (Wildman–Crippen MR) is 232 cm³/mol. The molecular formula is C48H72O21. The first kappa shape index (κ1) is 52.6. The fourth-order valence-corrected chi connectivity index (χ4v) is 14.8. The Morgan fingerprint density at radius 3 is 1.86 bits per heavy atom. The highest BCUT2D eigenvalue weighted by Gasteiger charge is 2.71. The summed E-state index contributed by atoms with van der Waals surface area (Å²) >= 11 is 0. The van der Waals surface area contributed by atoms with Gasteiger partial charge in [0.25, 0.3) is 0 Å². The smallest absolute Gasteiger partial charge is 0.335 e. The maximum absolute atomic E-state index is 15.2. The van der Waals surface area contributed by atoms with Crippen LogP contribution in [-0.2, 0) is 47.6 Å². The number of carboxylic acids is 2. The average molecular weight is 985 g/mol. The number of aliphatic hydroxyl groups is 9. The number of carbonyl (C=O) groups excluding carboxylic acids is 2. The van der Waals surface area contributed by atoms with Crippen LogP contribution >= 0.6 is 0 Å². The molecule has 0 aromatic carbocycles. The lowest BCUT2D eigenvalue weighted by molar-refractivity contribution is -0.371. The normalized spacial score (nSPS) is 52.8. The maximum Gasteiger partial charge on any atom is 0.335 e. The predicted octanol–water partition coefficient (Wildman–Crippen LogP) is -0.496. The van der Waals surface area contributed by atoms with Crippen molar-refractivity contribution in [3.8, 4) is 0 Å². The number of aliphatic carboxylic acids is 2. The summed E-state index contributed by atoms with van der Waals surface area (Å²) in [5.41, 5.74) is -2.69. The third-order valence-electron chi connectivity index (χ3n) is 19.3. The van der Waals surface area contributed by atoms with Gasteiger partial charge in [0.1, 0.15) is 61.0 Å². The van der Waals surface area contributed by atoms with Crippen molar-refractivity contribution in [2.24, 2.45) is 50.2 Å². The first-order valence-corrected chi connectivity index (χ1v) is 24.3. The fourth-order valence-electron chi connectivity index (χ4n) is 14.8. The third kappa shape index (κ3) is 8.13. The van der Waals surface area contributed by atoms with Crippen molar-refractivity contribution in [1.29, 1.82) is 0 Å². The Bertz CT molecular complexity index is 2050. The second-order valence-electron chi connectivity index (χ2n) is 23.4. The monoisotopic (exact) mass is 984 g/mol. The van der Waals surface area contributed by atoms with E-state index < -0.39 is 156 Å². The van der Waals surface area contributed by atoms with Crippen LogP contribution in [0.4, 0.5) is 0 Å². The van der Waals surface area contributed by atoms with Crippen molar-refractivity contribution in [3.63, 3.8) is 0 Å². The second kappa shape index (κ2) is 18.0. The van der Waals surface area contributed by atoms with Crippen LogP contribution in [0.3, 0.4) is 0 Å². The molecule has 0 radical (unpaired) electrons. The van der Waals surface area contributed by atoms with Gasteiger partial charge in [0.2, 0.25) is 6.29 Å². The van der Waals surface area contributed by atoms with Crippen LogP contribution in [-0.4, -0.2) is 185 Å². The molecule has 0 unspecified atom stereocenters. The van der Waals surface area contributed by atoms with Crippen molar-refractivity contribution in [1.82, 2.24) is 0 Å². The number of esters is 1. The molecule has 5 aliphatic carbocycles. The Balaban J connectivity index is 1.04. The molecule has 0 aromatic rings. The fraction of sp³-hybridized carbons (Fsp3) is 0.875. The van der Waals surface area contributed by atoms with E-state index in [2.05, 4.69) is 27.7 Å². The minimum absolute atomic E-state index is 0.0173. The molecule has 24 atom stereocenters. The molecule has 0 aromatic heterocycles. The molecule has 0 bridgehead atoms. The Kier molecular flexibility index (Phi) is 13.7. The number of hydrogen-bond acceptors (Lipinski definition) is 19. The van der Waals surface area contributed by atoms with Gasteiger partial charge in [-0.15, -0.1) is 0 Å². The zero-order chi connectivity index (χ0) is 50.9. The number of ketones is 1. The summed E-state index contributed by atoms with van der Waals surface area (Å²) in [7, 11) is 0. The molecule has 3 heterocycles. The molecule has 4 saturated carbocycles. The van der Waals surface area contributed by atoms with Crippen molar-refractivity contribution >= 4 is 23.7 Å². The van der Waals surface area contributed by atoms with Gasteiger partial charge >= 0.3 is 17.9 Å². The number of allylic oxidation sites excluding steroid dienone is 2. The van der Waals surface area contributed by atoms with Gasteiger partial charge in [0.15, 0.2) is 30.6 Å². The number of rotatable bonds is 9. The average Bonchev–Trinajstić information content (AvgIpc) is 3.27. The van der Waals surface area contributed by atoms with Crippen LogP contribution in [0.1, 0.15) is 106 Å². The van der Waals surface area contributed by atoms with E-state index >= 15 is 4.79 Å². The lowest BCUT2D eigenvalue weighted by atomic mass is 9.33. The Hall–Kier alpha value is -2.74. The maximum atomic E-state index is 15.2. The number of carbonyl (C=O) groups is 4. The second-order valence-corrected chi connectivity index (χ2v) is 23.4. The number of fused-ring (bicyclic) bond motifs is 7. The Morgan fingerprint density at radius 1 is 0.652 bits per heavy atom. The lowest BCUT2D eigenvalue weighted by Crippen LogP contribution is -2.68. The van der Waals surface area contributed by atoms with Gasteiger partial charge in [-0.3, -0.25) is 9.59 Å². The lowest BCUT2D eigenvalue weighted by Gasteiger charge is -2.70. The summed E-state index contributed by atoms with van der Waals surface area (Å²) in [6.45, 7) is 13.9. The molecule has 69 heavy (non-hydrogen) atoms. The quantitative estimate of drug-likeness (QED) is 0.102. The SMILES string of the molecule is CC1(C)[C@H]2CC[C@@]3(C)[C@@H](C(=O)C=C4[C@H]5C[C@](C)(C(=O)O[C@H]6O[C@@H](CO)[C@H](O)[C@@H](O)[C@@H]6O)CC[C@@]5(C)CC[C@@]43C)[C@]2(C)CC[C@H]1O[C@H]1O[C@@H](C(=O)O)[C@H](O)[C@@H](O)[C@@H]1O[C@H]1O[C@@H](C(=O)O)[C@H](O)[C@@H](O)[C@@H]1O. The van der Waals surface area contributed by atoms with E-state index in [-0.39, 0.29) is 23.0 Å². The van der Waals surface area contributed by atoms with Crippen molar-refractivity contribution in [3.05, 3.63) is 11.6 Å². The van der Waals surface area contributed by atoms with Crippen molar-refractivity contribution in [2.45, 2.75) is 204 Å². The molecule has 8 aliphatic rings. The van der Waals surface area contributed by atoms with Crippen molar-refractivity contribution in [2.75, 3.05) is 6.61 Å². The molecule has 0 spiro atoms. The van der Waals surface area contributed by atoms with E-state index in [1.54, 1.807) is 6.92 Å². The zero-order valence-electron chi connectivity index (χ0n) is 40.1. The molecule has 7 fully saturated rings. The summed E-state index contributed by atoms with van der Waals surface area (Å²) < 4.78 is 34.7. The Morgan fingerprint density at radius 2 is 1.23 bits per heavy atom. The summed E-state index contributed by atoms with van der Waals surface area (Å²) in [5.74, 6) is -4.80. The molecule has 3 saturated heterocycles. The molecule has 21 heteroatoms. The van der Waals surface area contributed by atoms with Crippen LogP contribution in [0.2, 0.25) is 0 Å². The van der Waals surface area contributed by atoms with E-state index in [0.717, 1.165) is 18.4 Å². The molecule has 390 valence electrons. The largest absolute Gasteiger partial charge is 0.479 e. The summed E-state index contributed by atoms with van der Waals surface area (Å²) in [6.07, 6.45) is -21.6. The van der Waals surface area contributed by atoms with Gasteiger partial charge in [-0.1, -0.05) is 47.1 Å². The number of hydrogen-bond donors (Lipinski definition) is 11. The molecule has 0 amide bonds. The first-order valence-electron chi connectivity index (χ1n) is 24.3. The van der Waals surface area contributed by atoms with Crippen LogP contribution in [0, 0.1) is 50.2 Å². The van der Waals surface area contributed by atoms with E-state index in [9.17, 15) is 70.6 Å². The summed E-state index contributed by atoms with van der Waals surface area (Å²) in [6, 6.07) is 0. The van der Waals surface area contributed by atoms with Gasteiger partial charge in [-0.25, -0.2) is 9.59 Å². The van der Waals surface area contributed by atoms with Gasteiger partial charge < -0.3 is 84.6 Å². The minimum Gasteiger partial charge on any atom is -0.479 e. The highest BCUT2D eigenvalue weighted by molar-refractivity contribution is 5.95. The van der Waals surface area contributed by atoms with Gasteiger partial charge in [0.05, 0.1) is 18.1 Å². The first-order chi connectivity index (χ1) is 32.0. The highest BCUT2D eigenvalue weighted by atomic mass is 16.8. The van der Waals surface area contributed by atoms with Gasteiger partial charge in [0, 0.05) is 5.92 Å². The molecular weight excluding hydrogens is 913 g/mol. The molecule has 11 N–H and O–H groups in total. The van der Waals surface area contributed by atoms with Gasteiger partial charge in [-0.05, 0) is 110 Å². The standard InChI is InChI=1S/C48H72O21/c1-43(2)23-8-11-48(7)36(21(50)16-19-20-17-45(4,13-12-44(20,3)14-15-47(19,48)6)42(63)69-39-31(57)26(52)25(51)22(18-49)64-39)46(23,5)10-9-24(43)65-41-35(30(56)29(55)34(67-41)38(61)62)68-40-32(58)27(53)28(54)33(66-40)37(59)60/h16,20,22-36,39-41,49,51-58H,8-15,17-18H2,1-7H3,(H,59,60)(H,61,62)/t20-,22+,23-,24-,25+,26-,27-,28-,29-,30-,31+,32+,33-,34-,35+,36+,39-,40-,41+,44+,45-,46-,47+,48+/m1/s1. The molecule has 3 aliphatic heterocycles. The minimum atomic E-state index is -2.08. The number of aliphatic hydroxyl groups excluding tert-OH is 9. The van der Waals surface area contributed by atoms with Crippen molar-refractivity contribution < 1.29 is 104 Å². The third-order valence-corrected chi connectivity index (χ3v) is 19.3. The highest BCUT2D eigenvalue weighted by Crippen LogP contribution is 2.75. The van der Waals surface area contributed by atoms with E-state index in [4.69, 9.17) is 28.4 Å². The summed E-state index contributed by atoms with van der Waals surface area (Å²) in [5, 5.41) is 114.